The Balaban J connectivity index is 2.60. The minimum atomic E-state index is -0.203. The fraction of sp³-hybridized carbons (Fsp3) is 0.214. The zero-order valence-electron chi connectivity index (χ0n) is 11.5. The molecule has 0 N–H and O–H groups in total. The van der Waals surface area contributed by atoms with E-state index in [4.69, 9.17) is 6.42 Å². The number of imidazole rings is 1. The molecule has 1 amide bonds. The molecule has 0 saturated heterocycles. The zero-order chi connectivity index (χ0) is 14.9. The Morgan fingerprint density at radius 2 is 2.15 bits per heavy atom. The van der Waals surface area contributed by atoms with Crippen LogP contribution in [0.1, 0.15) is 16.3 Å². The van der Waals surface area contributed by atoms with Gasteiger partial charge in [-0.3, -0.25) is 0 Å². The monoisotopic (exact) mass is 280 g/mol. The summed E-state index contributed by atoms with van der Waals surface area (Å²) < 4.78 is 1.69. The summed E-state index contributed by atoms with van der Waals surface area (Å²) in [6.45, 7) is 4.07. The first-order valence-electron chi connectivity index (χ1n) is 5.90. The number of hydrogen-bond donors (Lipinski definition) is 0. The van der Waals surface area contributed by atoms with Gasteiger partial charge in [0, 0.05) is 0 Å². The number of amides is 1. The van der Waals surface area contributed by atoms with Crippen molar-refractivity contribution in [3.63, 3.8) is 0 Å². The Labute approximate surface area is 124 Å². The molecular formula is C14H13AlN4O. The molecule has 0 aromatic carbocycles. The van der Waals surface area contributed by atoms with Crippen LogP contribution in [0.5, 0.6) is 0 Å². The third-order valence-electron chi connectivity index (χ3n) is 3.08. The van der Waals surface area contributed by atoms with Crippen LogP contribution in [-0.4, -0.2) is 54.1 Å². The molecule has 20 heavy (non-hydrogen) atoms. The number of terminal acetylenes is 1. The van der Waals surface area contributed by atoms with Crippen molar-refractivity contribution in [1.82, 2.24) is 14.5 Å². The molecule has 0 atom stereocenters. The van der Waals surface area contributed by atoms with Crippen LogP contribution >= 0.6 is 0 Å². The van der Waals surface area contributed by atoms with Gasteiger partial charge < -0.3 is 0 Å². The molecule has 6 heteroatoms. The second-order valence-corrected chi connectivity index (χ2v) is 4.91. The van der Waals surface area contributed by atoms with Crippen molar-refractivity contribution in [1.29, 1.82) is 0 Å². The molecule has 0 aliphatic carbocycles. The minimum absolute atomic E-state index is 0.177. The van der Waals surface area contributed by atoms with Crippen molar-refractivity contribution in [2.75, 3.05) is 18.5 Å². The molecule has 1 aliphatic rings. The van der Waals surface area contributed by atoms with Crippen LogP contribution in [0.4, 0.5) is 5.82 Å². The van der Waals surface area contributed by atoms with Gasteiger partial charge in [-0.2, -0.15) is 0 Å². The normalized spacial score (nSPS) is 13.2. The van der Waals surface area contributed by atoms with Crippen molar-refractivity contribution in [3.8, 4) is 23.0 Å². The van der Waals surface area contributed by atoms with E-state index in [-0.39, 0.29) is 27.2 Å². The Morgan fingerprint density at radius 3 is 2.75 bits per heavy atom. The second-order valence-electron chi connectivity index (χ2n) is 4.21. The van der Waals surface area contributed by atoms with Gasteiger partial charge in [-0.25, -0.2) is 0 Å². The summed E-state index contributed by atoms with van der Waals surface area (Å²) in [4.78, 5) is 23.0. The predicted molar refractivity (Wildman–Crippen MR) is 80.4 cm³/mol. The van der Waals surface area contributed by atoms with E-state index in [9.17, 15) is 4.79 Å². The topological polar surface area (TPSA) is 41.4 Å². The SMILES string of the molecule is C#CCN1C(=C)N(C)c2nc(C#[C][Al]=[CH2])n(C)c2C1=O. The third kappa shape index (κ3) is 2.06. The van der Waals surface area contributed by atoms with Crippen LogP contribution in [0.15, 0.2) is 12.4 Å². The van der Waals surface area contributed by atoms with Crippen LogP contribution in [0.2, 0.25) is 0 Å². The summed E-state index contributed by atoms with van der Waals surface area (Å²) in [5.74, 6) is 6.81. The average Bonchev–Trinajstić information content (AvgIpc) is 2.76. The summed E-state index contributed by atoms with van der Waals surface area (Å²) >= 11 is -0.178. The van der Waals surface area contributed by atoms with Gasteiger partial charge >= 0.3 is 124 Å². The number of rotatable bonds is 1. The fourth-order valence-electron chi connectivity index (χ4n) is 1.99. The van der Waals surface area contributed by atoms with E-state index in [0.29, 0.717) is 23.2 Å². The van der Waals surface area contributed by atoms with Gasteiger partial charge in [-0.05, 0) is 0 Å². The van der Waals surface area contributed by atoms with Crippen LogP contribution in [0, 0.1) is 23.0 Å². The van der Waals surface area contributed by atoms with Crippen molar-refractivity contribution in [3.05, 3.63) is 23.9 Å². The van der Waals surface area contributed by atoms with Gasteiger partial charge in [0.1, 0.15) is 0 Å². The van der Waals surface area contributed by atoms with E-state index in [1.165, 1.54) is 4.90 Å². The first kappa shape index (κ1) is 14.2. The van der Waals surface area contributed by atoms with Gasteiger partial charge in [-0.1, -0.05) is 0 Å². The first-order valence-corrected chi connectivity index (χ1v) is 7.29. The van der Waals surface area contributed by atoms with E-state index in [2.05, 4.69) is 33.6 Å². The summed E-state index contributed by atoms with van der Waals surface area (Å²) in [6.07, 6.45) is 5.31. The third-order valence-corrected chi connectivity index (χ3v) is 3.42. The molecule has 2 rings (SSSR count). The van der Waals surface area contributed by atoms with Gasteiger partial charge in [0.15, 0.2) is 0 Å². The van der Waals surface area contributed by atoms with Gasteiger partial charge in [0.2, 0.25) is 0 Å². The molecule has 0 unspecified atom stereocenters. The quantitative estimate of drug-likeness (QED) is 0.531. The fourth-order valence-corrected chi connectivity index (χ4v) is 2.22. The van der Waals surface area contributed by atoms with Crippen molar-refractivity contribution >= 4 is 31.9 Å². The molecule has 0 spiro atoms. The van der Waals surface area contributed by atoms with E-state index in [1.807, 2.05) is 0 Å². The molecule has 2 heterocycles. The second kappa shape index (κ2) is 5.39. The number of fused-ring (bicyclic) bond motifs is 1. The molecule has 1 aromatic rings. The number of carbonyl (C=O) groups excluding carboxylic acids is 1. The number of aromatic nitrogens is 2. The first-order chi connectivity index (χ1) is 9.52. The summed E-state index contributed by atoms with van der Waals surface area (Å²) in [5, 5.41) is 3.74. The van der Waals surface area contributed by atoms with E-state index in [1.54, 1.807) is 23.6 Å². The molecule has 98 valence electrons. The van der Waals surface area contributed by atoms with Crippen LogP contribution in [0.3, 0.4) is 0 Å². The van der Waals surface area contributed by atoms with Gasteiger partial charge in [-0.15, -0.1) is 0 Å². The van der Waals surface area contributed by atoms with Crippen molar-refractivity contribution in [2.24, 2.45) is 7.05 Å². The maximum atomic E-state index is 12.5. The van der Waals surface area contributed by atoms with Crippen molar-refractivity contribution in [2.45, 2.75) is 0 Å². The van der Waals surface area contributed by atoms with E-state index in [0.717, 1.165) is 0 Å². The Kier molecular flexibility index (Phi) is 3.82. The molecule has 0 radical (unpaired) electrons. The molecule has 0 saturated carbocycles. The Morgan fingerprint density at radius 1 is 1.45 bits per heavy atom. The van der Waals surface area contributed by atoms with Gasteiger partial charge in [0.25, 0.3) is 0 Å². The van der Waals surface area contributed by atoms with Crippen LogP contribution in [0.25, 0.3) is 0 Å². The summed E-state index contributed by atoms with van der Waals surface area (Å²) in [6, 6.07) is 0. The summed E-state index contributed by atoms with van der Waals surface area (Å²) in [7, 11) is 3.57. The molecule has 0 bridgehead atoms. The summed E-state index contributed by atoms with van der Waals surface area (Å²) in [5.41, 5.74) is 0.471. The number of carbonyl (C=O) groups is 1. The van der Waals surface area contributed by atoms with Gasteiger partial charge in [0.05, 0.1) is 0 Å². The number of hydrogen-bond acceptors (Lipinski definition) is 3. The van der Waals surface area contributed by atoms with E-state index >= 15 is 0 Å². The zero-order valence-corrected chi connectivity index (χ0v) is 12.6. The van der Waals surface area contributed by atoms with Crippen LogP contribution < -0.4 is 4.90 Å². The van der Waals surface area contributed by atoms with E-state index < -0.39 is 0 Å². The number of anilines is 1. The molecular weight excluding hydrogens is 267 g/mol. The van der Waals surface area contributed by atoms with Crippen LogP contribution in [-0.2, 0) is 7.05 Å². The molecule has 1 aromatic heterocycles. The number of nitrogens with zero attached hydrogens (tertiary/aromatic N) is 4. The molecule has 0 fully saturated rings. The Bertz CT molecular complexity index is 714. The molecule has 1 aliphatic heterocycles. The standard InChI is InChI=1S/C13H11N4O.CH2.Al/c1-6-8-17-9(3)15(4)12-11(13(17)18)16(5)10(7-2)14-12;;/h1H,3,8H2,4-5H3;1H2;. The maximum absolute atomic E-state index is 12.5. The Hall–Kier alpha value is -2.26. The van der Waals surface area contributed by atoms with Crippen molar-refractivity contribution < 1.29 is 4.79 Å². The predicted octanol–water partition coefficient (Wildman–Crippen LogP) is -0.138. The average molecular weight is 280 g/mol. The molecule has 5 nitrogen and oxygen atoms in total.